The van der Waals surface area contributed by atoms with E-state index in [1.54, 1.807) is 6.92 Å². The van der Waals surface area contributed by atoms with Crippen LogP contribution in [0.3, 0.4) is 0 Å². The van der Waals surface area contributed by atoms with Gasteiger partial charge >= 0.3 is 126 Å². The summed E-state index contributed by atoms with van der Waals surface area (Å²) in [5.74, 6) is 0.484. The van der Waals surface area contributed by atoms with Crippen molar-refractivity contribution in [3.63, 3.8) is 0 Å². The topological polar surface area (TPSA) is 17.1 Å². The fourth-order valence-corrected chi connectivity index (χ4v) is 5.07. The number of benzene rings is 2. The number of fused-ring (bicyclic) bond motifs is 1. The molecule has 20 heavy (non-hydrogen) atoms. The van der Waals surface area contributed by atoms with E-state index in [9.17, 15) is 4.79 Å². The van der Waals surface area contributed by atoms with E-state index in [1.807, 2.05) is 6.07 Å². The molecular formula is C18H16OSe. The van der Waals surface area contributed by atoms with Gasteiger partial charge in [-0.1, -0.05) is 0 Å². The van der Waals surface area contributed by atoms with Gasteiger partial charge in [0.2, 0.25) is 0 Å². The van der Waals surface area contributed by atoms with Crippen LogP contribution in [-0.2, 0) is 4.79 Å². The van der Waals surface area contributed by atoms with Gasteiger partial charge in [0.1, 0.15) is 0 Å². The fraction of sp³-hybridized carbons (Fsp3) is 0.167. The quantitative estimate of drug-likeness (QED) is 0.792. The Balaban J connectivity index is 2.02. The Kier molecular flexibility index (Phi) is 3.86. The van der Waals surface area contributed by atoms with Crippen molar-refractivity contribution >= 4 is 29.7 Å². The van der Waals surface area contributed by atoms with Gasteiger partial charge in [-0.2, -0.15) is 0 Å². The van der Waals surface area contributed by atoms with Crippen molar-refractivity contribution in [2.75, 3.05) is 0 Å². The number of Topliss-reactive ketones (excluding diaryl/α,β-unsaturated/α-hetero) is 1. The molecule has 0 amide bonds. The van der Waals surface area contributed by atoms with E-state index >= 15 is 0 Å². The molecule has 0 saturated heterocycles. The molecule has 0 saturated carbocycles. The molecule has 1 aliphatic heterocycles. The Bertz CT molecular complexity index is 658. The first-order valence-electron chi connectivity index (χ1n) is 6.77. The summed E-state index contributed by atoms with van der Waals surface area (Å²) in [6.45, 7) is 1.68. The number of hydrogen-bond donors (Lipinski definition) is 0. The van der Waals surface area contributed by atoms with Crippen LogP contribution < -0.4 is 4.46 Å². The molecule has 2 aromatic rings. The summed E-state index contributed by atoms with van der Waals surface area (Å²) in [5.41, 5.74) is 2.62. The molecule has 2 aromatic carbocycles. The van der Waals surface area contributed by atoms with Gasteiger partial charge in [0.15, 0.2) is 0 Å². The Morgan fingerprint density at radius 2 is 1.75 bits per heavy atom. The first kappa shape index (κ1) is 13.4. The summed E-state index contributed by atoms with van der Waals surface area (Å²) in [7, 11) is 0. The summed E-state index contributed by atoms with van der Waals surface area (Å²) >= 11 is 0.325. The van der Waals surface area contributed by atoms with Crippen molar-refractivity contribution < 1.29 is 4.79 Å². The van der Waals surface area contributed by atoms with Crippen LogP contribution in [0.15, 0.2) is 60.7 Å². The summed E-state index contributed by atoms with van der Waals surface area (Å²) in [6, 6.07) is 19.1. The average molecular weight is 327 g/mol. The molecule has 1 atom stereocenters. The maximum atomic E-state index is 11.5. The van der Waals surface area contributed by atoms with E-state index in [-0.39, 0.29) is 11.7 Å². The van der Waals surface area contributed by atoms with Gasteiger partial charge in [0.25, 0.3) is 0 Å². The van der Waals surface area contributed by atoms with Crippen LogP contribution in [0.25, 0.3) is 4.47 Å². The van der Waals surface area contributed by atoms with Crippen LogP contribution in [0.5, 0.6) is 0 Å². The zero-order chi connectivity index (χ0) is 13.9. The molecule has 1 heterocycles. The van der Waals surface area contributed by atoms with Crippen molar-refractivity contribution in [3.05, 3.63) is 71.8 Å². The standard InChI is InChI=1S/C18H16OSe/c1-13(19)11-15-12-18(14-7-3-2-4-8-14)20-17-10-6-5-9-16(15)17/h2-10,12,15H,11H2,1H3. The first-order chi connectivity index (χ1) is 9.74. The molecule has 2 heteroatoms. The molecule has 0 radical (unpaired) electrons. The number of hydrogen-bond acceptors (Lipinski definition) is 1. The molecule has 100 valence electrons. The zero-order valence-corrected chi connectivity index (χ0v) is 13.1. The van der Waals surface area contributed by atoms with E-state index < -0.39 is 0 Å². The van der Waals surface area contributed by atoms with Gasteiger partial charge in [0, 0.05) is 0 Å². The van der Waals surface area contributed by atoms with Gasteiger partial charge < -0.3 is 0 Å². The predicted octanol–water partition coefficient (Wildman–Crippen LogP) is 3.13. The van der Waals surface area contributed by atoms with Crippen LogP contribution in [0.4, 0.5) is 0 Å². The molecule has 3 rings (SSSR count). The SMILES string of the molecule is CC(=O)CC1C=C(c2ccccc2)[Se]c2ccccc21. The van der Waals surface area contributed by atoms with Crippen molar-refractivity contribution in [2.24, 2.45) is 0 Å². The second-order valence-electron chi connectivity index (χ2n) is 5.05. The van der Waals surface area contributed by atoms with E-state index in [4.69, 9.17) is 0 Å². The van der Waals surface area contributed by atoms with E-state index in [2.05, 4.69) is 54.6 Å². The van der Waals surface area contributed by atoms with Crippen molar-refractivity contribution in [2.45, 2.75) is 19.3 Å². The average Bonchev–Trinajstić information content (AvgIpc) is 2.47. The molecule has 0 aliphatic carbocycles. The first-order valence-corrected chi connectivity index (χ1v) is 8.49. The number of ketones is 1. The second kappa shape index (κ2) is 5.78. The van der Waals surface area contributed by atoms with Crippen molar-refractivity contribution in [1.82, 2.24) is 0 Å². The predicted molar refractivity (Wildman–Crippen MR) is 84.3 cm³/mol. The van der Waals surface area contributed by atoms with Crippen LogP contribution in [0.1, 0.15) is 30.4 Å². The Morgan fingerprint density at radius 1 is 1.05 bits per heavy atom. The van der Waals surface area contributed by atoms with Gasteiger partial charge in [0.05, 0.1) is 0 Å². The third kappa shape index (κ3) is 2.77. The van der Waals surface area contributed by atoms with Gasteiger partial charge in [-0.25, -0.2) is 0 Å². The van der Waals surface area contributed by atoms with Crippen LogP contribution >= 0.6 is 0 Å². The summed E-state index contributed by atoms with van der Waals surface area (Å²) in [5, 5.41) is 0. The molecule has 0 N–H and O–H groups in total. The van der Waals surface area contributed by atoms with E-state index in [0.717, 1.165) is 0 Å². The third-order valence-electron chi connectivity index (χ3n) is 3.46. The molecule has 0 fully saturated rings. The number of rotatable bonds is 3. The van der Waals surface area contributed by atoms with E-state index in [1.165, 1.54) is 20.1 Å². The zero-order valence-electron chi connectivity index (χ0n) is 11.4. The third-order valence-corrected chi connectivity index (χ3v) is 5.94. The summed E-state index contributed by atoms with van der Waals surface area (Å²) in [4.78, 5) is 11.5. The number of carbonyl (C=O) groups is 1. The minimum atomic E-state index is 0.231. The normalized spacial score (nSPS) is 17.2. The molecule has 1 nitrogen and oxygen atoms in total. The fourth-order valence-electron chi connectivity index (χ4n) is 2.54. The molecule has 0 spiro atoms. The van der Waals surface area contributed by atoms with Gasteiger partial charge in [-0.05, 0) is 0 Å². The van der Waals surface area contributed by atoms with Gasteiger partial charge in [-0.3, -0.25) is 0 Å². The van der Waals surface area contributed by atoms with Crippen molar-refractivity contribution in [3.8, 4) is 0 Å². The number of allylic oxidation sites excluding steroid dienone is 1. The second-order valence-corrected chi connectivity index (χ2v) is 7.32. The van der Waals surface area contributed by atoms with Crippen molar-refractivity contribution in [1.29, 1.82) is 0 Å². The van der Waals surface area contributed by atoms with Crippen LogP contribution in [-0.4, -0.2) is 20.7 Å². The summed E-state index contributed by atoms with van der Waals surface area (Å²) in [6.07, 6.45) is 2.91. The minimum absolute atomic E-state index is 0.231. The van der Waals surface area contributed by atoms with E-state index in [0.29, 0.717) is 21.4 Å². The monoisotopic (exact) mass is 328 g/mol. The summed E-state index contributed by atoms with van der Waals surface area (Å²) < 4.78 is 2.80. The molecule has 1 unspecified atom stereocenters. The molecule has 0 aromatic heterocycles. The molecule has 1 aliphatic rings. The Morgan fingerprint density at radius 3 is 2.50 bits per heavy atom. The molecule has 0 bridgehead atoms. The van der Waals surface area contributed by atoms with Crippen LogP contribution in [0.2, 0.25) is 0 Å². The Labute approximate surface area is 125 Å². The number of carbonyl (C=O) groups excluding carboxylic acids is 1. The molecular weight excluding hydrogens is 311 g/mol. The van der Waals surface area contributed by atoms with Crippen LogP contribution in [0, 0.1) is 0 Å². The Hall–Kier alpha value is -1.63. The maximum absolute atomic E-state index is 11.5. The van der Waals surface area contributed by atoms with Gasteiger partial charge in [-0.15, -0.1) is 0 Å².